The Morgan fingerprint density at radius 3 is 2.56 bits per heavy atom. The summed E-state index contributed by atoms with van der Waals surface area (Å²) in [5.74, 6) is 0. The van der Waals surface area contributed by atoms with Gasteiger partial charge in [-0.1, -0.05) is 23.9 Å². The van der Waals surface area contributed by atoms with Crippen LogP contribution in [0.1, 0.15) is 18.2 Å². The van der Waals surface area contributed by atoms with Crippen molar-refractivity contribution in [1.29, 1.82) is 0 Å². The van der Waals surface area contributed by atoms with E-state index in [4.69, 9.17) is 4.99 Å². The van der Waals surface area contributed by atoms with Crippen LogP contribution in [0.2, 0.25) is 0 Å². The van der Waals surface area contributed by atoms with Gasteiger partial charge in [-0.25, -0.2) is 16.8 Å². The lowest BCUT2D eigenvalue weighted by Gasteiger charge is -2.37. The van der Waals surface area contributed by atoms with Crippen molar-refractivity contribution in [2.75, 3.05) is 50.2 Å². The van der Waals surface area contributed by atoms with E-state index in [0.717, 1.165) is 33.7 Å². The van der Waals surface area contributed by atoms with Gasteiger partial charge < -0.3 is 4.98 Å². The van der Waals surface area contributed by atoms with Crippen LogP contribution >= 0.6 is 23.1 Å². The first-order valence-corrected chi connectivity index (χ1v) is 16.6. The standard InChI is InChI=1S/C23H29N5O4S4/c1-16-7-12-33-22(16)36(31,32)26-18-6-4-5-17-13-19(25-20(17)18)21-24-14-23(2,34-21)15-27-8-10-28(11-9-27)35(3,29)30/h4-7,12-13,25-26H,8-11,14-15H2,1-3H3. The number of sulfonamides is 2. The Hall–Kier alpha value is -1.90. The van der Waals surface area contributed by atoms with E-state index in [1.54, 1.807) is 36.2 Å². The van der Waals surface area contributed by atoms with Crippen LogP contribution in [-0.4, -0.2) is 86.3 Å². The number of nitrogens with zero attached hydrogens (tertiary/aromatic N) is 3. The maximum atomic E-state index is 13.0. The summed E-state index contributed by atoms with van der Waals surface area (Å²) in [6.45, 7) is 7.88. The number of aliphatic imine (C=N–C) groups is 1. The number of hydrogen-bond donors (Lipinski definition) is 2. The predicted molar refractivity (Wildman–Crippen MR) is 148 cm³/mol. The van der Waals surface area contributed by atoms with Crippen LogP contribution in [0.5, 0.6) is 0 Å². The number of aromatic nitrogens is 1. The van der Waals surface area contributed by atoms with Gasteiger partial charge in [0.1, 0.15) is 9.25 Å². The number of aryl methyl sites for hydroxylation is 1. The molecule has 0 radical (unpaired) electrons. The van der Waals surface area contributed by atoms with Crippen LogP contribution in [0, 0.1) is 6.92 Å². The van der Waals surface area contributed by atoms with Gasteiger partial charge in [0.25, 0.3) is 10.0 Å². The molecular weight excluding hydrogens is 539 g/mol. The second-order valence-electron chi connectivity index (χ2n) is 9.56. The molecule has 1 aromatic carbocycles. The maximum Gasteiger partial charge on any atom is 0.271 e. The zero-order valence-electron chi connectivity index (χ0n) is 20.3. The molecule has 1 atom stereocenters. The summed E-state index contributed by atoms with van der Waals surface area (Å²) in [6, 6.07) is 9.34. The van der Waals surface area contributed by atoms with Gasteiger partial charge >= 0.3 is 0 Å². The Balaban J connectivity index is 1.30. The van der Waals surface area contributed by atoms with Crippen molar-refractivity contribution >= 4 is 64.8 Å². The maximum absolute atomic E-state index is 13.0. The number of piperazine rings is 1. The number of thiophene rings is 1. The van der Waals surface area contributed by atoms with Gasteiger partial charge in [0.15, 0.2) is 0 Å². The second kappa shape index (κ2) is 9.44. The van der Waals surface area contributed by atoms with Crippen LogP contribution in [0.3, 0.4) is 0 Å². The monoisotopic (exact) mass is 567 g/mol. The lowest BCUT2D eigenvalue weighted by Crippen LogP contribution is -2.51. The average molecular weight is 568 g/mol. The quantitative estimate of drug-likeness (QED) is 0.453. The smallest absolute Gasteiger partial charge is 0.271 e. The van der Waals surface area contributed by atoms with E-state index in [1.807, 2.05) is 18.2 Å². The van der Waals surface area contributed by atoms with Crippen molar-refractivity contribution in [3.05, 3.63) is 47.0 Å². The molecule has 9 nitrogen and oxygen atoms in total. The van der Waals surface area contributed by atoms with Crippen molar-refractivity contribution in [3.8, 4) is 0 Å². The van der Waals surface area contributed by atoms with E-state index in [9.17, 15) is 16.8 Å². The number of rotatable bonds is 7. The molecule has 0 bridgehead atoms. The van der Waals surface area contributed by atoms with Gasteiger partial charge in [-0.3, -0.25) is 14.6 Å². The van der Waals surface area contributed by atoms with Crippen LogP contribution in [0.4, 0.5) is 5.69 Å². The lowest BCUT2D eigenvalue weighted by atomic mass is 10.1. The normalized spacial score (nSPS) is 22.2. The topological polar surface area (TPSA) is 115 Å². The van der Waals surface area contributed by atoms with E-state index in [1.165, 1.54) is 21.9 Å². The van der Waals surface area contributed by atoms with Crippen LogP contribution in [0.15, 0.2) is 44.9 Å². The minimum absolute atomic E-state index is 0.124. The molecule has 0 amide bonds. The van der Waals surface area contributed by atoms with E-state index in [0.29, 0.717) is 42.6 Å². The molecule has 4 heterocycles. The number of hydrogen-bond acceptors (Lipinski definition) is 8. The Labute approximate surface area is 220 Å². The van der Waals surface area contributed by atoms with Gasteiger partial charge in [0.05, 0.1) is 34.4 Å². The van der Waals surface area contributed by atoms with Crippen molar-refractivity contribution < 1.29 is 16.8 Å². The Morgan fingerprint density at radius 1 is 1.14 bits per heavy atom. The third-order valence-electron chi connectivity index (χ3n) is 6.45. The molecule has 1 unspecified atom stereocenters. The number of nitrogens with one attached hydrogen (secondary N) is 2. The Kier molecular flexibility index (Phi) is 6.75. The summed E-state index contributed by atoms with van der Waals surface area (Å²) < 4.78 is 54.0. The zero-order valence-corrected chi connectivity index (χ0v) is 23.6. The molecule has 194 valence electrons. The van der Waals surface area contributed by atoms with E-state index in [2.05, 4.69) is 21.5 Å². The van der Waals surface area contributed by atoms with E-state index < -0.39 is 20.0 Å². The summed E-state index contributed by atoms with van der Waals surface area (Å²) >= 11 is 2.91. The molecule has 0 spiro atoms. The lowest BCUT2D eigenvalue weighted by molar-refractivity contribution is 0.178. The molecule has 2 aliphatic rings. The summed E-state index contributed by atoms with van der Waals surface area (Å²) in [7, 11) is -6.83. The van der Waals surface area contributed by atoms with Gasteiger partial charge in [-0.15, -0.1) is 11.3 Å². The molecule has 2 N–H and O–H groups in total. The zero-order chi connectivity index (χ0) is 25.7. The fourth-order valence-electron chi connectivity index (χ4n) is 4.63. The fourth-order valence-corrected chi connectivity index (χ4v) is 9.14. The molecule has 2 aliphatic heterocycles. The third-order valence-corrected chi connectivity index (χ3v) is 12.1. The summed E-state index contributed by atoms with van der Waals surface area (Å²) in [5.41, 5.74) is 2.81. The Bertz CT molecular complexity index is 1540. The average Bonchev–Trinajstić information content (AvgIpc) is 3.52. The minimum atomic E-state index is -3.68. The van der Waals surface area contributed by atoms with Crippen LogP contribution in [-0.2, 0) is 20.0 Å². The molecule has 13 heteroatoms. The molecule has 1 saturated heterocycles. The molecule has 3 aromatic rings. The van der Waals surface area contributed by atoms with Crippen LogP contribution in [0.25, 0.3) is 10.9 Å². The molecule has 0 saturated carbocycles. The highest BCUT2D eigenvalue weighted by atomic mass is 32.2. The van der Waals surface area contributed by atoms with Crippen LogP contribution < -0.4 is 4.72 Å². The van der Waals surface area contributed by atoms with E-state index >= 15 is 0 Å². The summed E-state index contributed by atoms with van der Waals surface area (Å²) in [5, 5.41) is 3.57. The number of anilines is 1. The highest BCUT2D eigenvalue weighted by Gasteiger charge is 2.36. The summed E-state index contributed by atoms with van der Waals surface area (Å²) in [6.07, 6.45) is 1.26. The fraction of sp³-hybridized carbons (Fsp3) is 0.435. The van der Waals surface area contributed by atoms with Crippen molar-refractivity contribution in [2.45, 2.75) is 22.8 Å². The minimum Gasteiger partial charge on any atom is -0.351 e. The number of para-hydroxylation sites is 1. The van der Waals surface area contributed by atoms with Gasteiger partial charge in [-0.2, -0.15) is 4.31 Å². The molecule has 2 aromatic heterocycles. The number of thioether (sulfide) groups is 1. The number of fused-ring (bicyclic) bond motifs is 1. The largest absolute Gasteiger partial charge is 0.351 e. The van der Waals surface area contributed by atoms with Crippen molar-refractivity contribution in [1.82, 2.24) is 14.2 Å². The molecular formula is C23H29N5O4S4. The second-order valence-corrected chi connectivity index (χ2v) is 15.9. The third kappa shape index (κ3) is 5.22. The molecule has 5 rings (SSSR count). The first kappa shape index (κ1) is 25.7. The highest BCUT2D eigenvalue weighted by molar-refractivity contribution is 8.15. The number of aromatic amines is 1. The first-order valence-electron chi connectivity index (χ1n) is 11.5. The van der Waals surface area contributed by atoms with Crippen molar-refractivity contribution in [3.63, 3.8) is 0 Å². The van der Waals surface area contributed by atoms with Crippen molar-refractivity contribution in [2.24, 2.45) is 4.99 Å². The molecule has 36 heavy (non-hydrogen) atoms. The van der Waals surface area contributed by atoms with E-state index in [-0.39, 0.29) is 4.75 Å². The Morgan fingerprint density at radius 2 is 1.89 bits per heavy atom. The summed E-state index contributed by atoms with van der Waals surface area (Å²) in [4.78, 5) is 10.5. The van der Waals surface area contributed by atoms with Gasteiger partial charge in [0, 0.05) is 38.1 Å². The number of H-pyrrole nitrogens is 1. The number of benzene rings is 1. The first-order chi connectivity index (χ1) is 16.9. The van der Waals surface area contributed by atoms with Gasteiger partial charge in [0.2, 0.25) is 10.0 Å². The highest BCUT2D eigenvalue weighted by Crippen LogP contribution is 2.38. The predicted octanol–water partition coefficient (Wildman–Crippen LogP) is 3.17. The molecule has 0 aliphatic carbocycles. The SMILES string of the molecule is Cc1ccsc1S(=O)(=O)Nc1cccc2cc(C3=NCC(C)(CN4CCN(S(C)(=O)=O)CC4)S3)[nH]c12. The molecule has 1 fully saturated rings. The van der Waals surface area contributed by atoms with Gasteiger partial charge in [-0.05, 0) is 43.0 Å².